The second kappa shape index (κ2) is 9.19. The van der Waals surface area contributed by atoms with Crippen molar-refractivity contribution in [1.82, 2.24) is 0 Å². The van der Waals surface area contributed by atoms with E-state index in [1.165, 1.54) is 6.07 Å². The fourth-order valence-electron chi connectivity index (χ4n) is 3.57. The molecule has 7 heteroatoms. The Kier molecular flexibility index (Phi) is 6.65. The van der Waals surface area contributed by atoms with Crippen molar-refractivity contribution in [2.24, 2.45) is 0 Å². The molecule has 1 heterocycles. The van der Waals surface area contributed by atoms with Crippen molar-refractivity contribution in [2.75, 3.05) is 31.2 Å². The van der Waals surface area contributed by atoms with E-state index in [1.807, 2.05) is 29.2 Å². The molecule has 0 aromatic heterocycles. The van der Waals surface area contributed by atoms with E-state index >= 15 is 0 Å². The molecule has 1 N–H and O–H groups in total. The first-order valence-electron chi connectivity index (χ1n) is 9.62. The molecule has 29 heavy (non-hydrogen) atoms. The minimum atomic E-state index is -4.55. The molecule has 3 rings (SSSR count). The van der Waals surface area contributed by atoms with Crippen LogP contribution in [-0.2, 0) is 6.18 Å². The van der Waals surface area contributed by atoms with E-state index in [0.717, 1.165) is 30.2 Å². The summed E-state index contributed by atoms with van der Waals surface area (Å²) < 4.78 is 45.3. The Morgan fingerprint density at radius 2 is 1.90 bits per heavy atom. The van der Waals surface area contributed by atoms with Crippen LogP contribution >= 0.6 is 0 Å². The van der Waals surface area contributed by atoms with Crippen molar-refractivity contribution in [1.29, 1.82) is 5.26 Å². The molecule has 4 nitrogen and oxygen atoms in total. The Bertz CT molecular complexity index is 860. The number of nitrogens with zero attached hydrogens (tertiary/aromatic N) is 2. The molecular formula is C22H23F3N2O2. The molecule has 0 saturated carbocycles. The number of nitriles is 1. The third-order valence-corrected chi connectivity index (χ3v) is 5.16. The first-order chi connectivity index (χ1) is 13.9. The van der Waals surface area contributed by atoms with Gasteiger partial charge in [0.2, 0.25) is 0 Å². The maximum atomic E-state index is 13.2. The molecule has 0 spiro atoms. The lowest BCUT2D eigenvalue weighted by molar-refractivity contribution is -0.137. The van der Waals surface area contributed by atoms with E-state index in [0.29, 0.717) is 31.8 Å². The highest BCUT2D eigenvalue weighted by Gasteiger charge is 2.35. The van der Waals surface area contributed by atoms with Crippen LogP contribution in [0.4, 0.5) is 18.9 Å². The number of aliphatic hydroxyl groups is 1. The smallest absolute Gasteiger partial charge is 0.417 e. The molecule has 2 aromatic rings. The van der Waals surface area contributed by atoms with Crippen molar-refractivity contribution >= 4 is 5.69 Å². The molecule has 0 bridgehead atoms. The van der Waals surface area contributed by atoms with Crippen LogP contribution in [0, 0.1) is 11.3 Å². The van der Waals surface area contributed by atoms with Crippen LogP contribution in [-0.4, -0.2) is 31.4 Å². The summed E-state index contributed by atoms with van der Waals surface area (Å²) in [7, 11) is 0. The second-order valence-electron chi connectivity index (χ2n) is 7.12. The molecule has 0 aliphatic carbocycles. The average Bonchev–Trinajstić information content (AvgIpc) is 3.21. The van der Waals surface area contributed by atoms with E-state index in [4.69, 9.17) is 15.1 Å². The fourth-order valence-corrected chi connectivity index (χ4v) is 3.57. The largest absolute Gasteiger partial charge is 0.494 e. The highest BCUT2D eigenvalue weighted by Crippen LogP contribution is 2.37. The summed E-state index contributed by atoms with van der Waals surface area (Å²) in [5.74, 6) is 0.992. The molecule has 2 aromatic carbocycles. The summed E-state index contributed by atoms with van der Waals surface area (Å²) in [4.78, 5) is 1.93. The number of hydrogen-bond donors (Lipinski definition) is 1. The first kappa shape index (κ1) is 21.0. The highest BCUT2D eigenvalue weighted by molar-refractivity contribution is 5.56. The van der Waals surface area contributed by atoms with Gasteiger partial charge in [-0.2, -0.15) is 18.4 Å². The summed E-state index contributed by atoms with van der Waals surface area (Å²) in [5, 5.41) is 17.7. The minimum Gasteiger partial charge on any atom is -0.494 e. The maximum absolute atomic E-state index is 13.2. The quantitative estimate of drug-likeness (QED) is 0.679. The summed E-state index contributed by atoms with van der Waals surface area (Å²) in [5.41, 5.74) is 0.373. The van der Waals surface area contributed by atoms with Gasteiger partial charge in [-0.15, -0.1) is 0 Å². The lowest BCUT2D eigenvalue weighted by Crippen LogP contribution is -2.20. The van der Waals surface area contributed by atoms with Crippen LogP contribution in [0.3, 0.4) is 0 Å². The number of benzene rings is 2. The summed E-state index contributed by atoms with van der Waals surface area (Å²) in [6.07, 6.45) is -2.20. The number of rotatable bonds is 7. The lowest BCUT2D eigenvalue weighted by Gasteiger charge is -2.21. The van der Waals surface area contributed by atoms with E-state index in [2.05, 4.69) is 0 Å². The molecule has 1 atom stereocenters. The Morgan fingerprint density at radius 3 is 2.55 bits per heavy atom. The lowest BCUT2D eigenvalue weighted by atomic mass is 9.98. The van der Waals surface area contributed by atoms with Crippen molar-refractivity contribution in [3.05, 3.63) is 59.2 Å². The van der Waals surface area contributed by atoms with Gasteiger partial charge in [-0.1, -0.05) is 12.1 Å². The summed E-state index contributed by atoms with van der Waals surface area (Å²) in [6.45, 7) is 1.99. The van der Waals surface area contributed by atoms with Crippen LogP contribution in [0.5, 0.6) is 5.75 Å². The normalized spacial score (nSPS) is 16.7. The molecule has 1 aliphatic heterocycles. The van der Waals surface area contributed by atoms with Crippen molar-refractivity contribution in [2.45, 2.75) is 31.4 Å². The van der Waals surface area contributed by atoms with Crippen LogP contribution in [0.25, 0.3) is 0 Å². The van der Waals surface area contributed by atoms with Crippen molar-refractivity contribution in [3.63, 3.8) is 0 Å². The van der Waals surface area contributed by atoms with E-state index in [-0.39, 0.29) is 18.1 Å². The van der Waals surface area contributed by atoms with Gasteiger partial charge in [0.15, 0.2) is 0 Å². The third kappa shape index (κ3) is 5.21. The van der Waals surface area contributed by atoms with Crippen molar-refractivity contribution in [3.8, 4) is 11.8 Å². The number of halogens is 3. The Morgan fingerprint density at radius 1 is 1.14 bits per heavy atom. The van der Waals surface area contributed by atoms with Gasteiger partial charge in [-0.05, 0) is 55.2 Å². The van der Waals surface area contributed by atoms with Gasteiger partial charge < -0.3 is 14.7 Å². The number of hydrogen-bond acceptors (Lipinski definition) is 4. The van der Waals surface area contributed by atoms with E-state index in [9.17, 15) is 13.2 Å². The van der Waals surface area contributed by atoms with E-state index in [1.54, 1.807) is 12.1 Å². The predicted octanol–water partition coefficient (Wildman–Crippen LogP) is 4.72. The topological polar surface area (TPSA) is 56.5 Å². The predicted molar refractivity (Wildman–Crippen MR) is 104 cm³/mol. The third-order valence-electron chi connectivity index (χ3n) is 5.16. The van der Waals surface area contributed by atoms with Crippen LogP contribution in [0.1, 0.15) is 41.9 Å². The number of unbranched alkanes of at least 4 members (excludes halogenated alkanes) is 1. The molecule has 1 saturated heterocycles. The molecule has 1 aliphatic rings. The number of ether oxygens (including phenoxy) is 1. The Balaban J connectivity index is 1.65. The summed E-state index contributed by atoms with van der Waals surface area (Å²) >= 11 is 0. The van der Waals surface area contributed by atoms with Crippen LogP contribution in [0.15, 0.2) is 42.5 Å². The Hall–Kier alpha value is -2.72. The van der Waals surface area contributed by atoms with Gasteiger partial charge in [0.1, 0.15) is 5.75 Å². The number of anilines is 1. The molecule has 154 valence electrons. The fraction of sp³-hybridized carbons (Fsp3) is 0.409. The molecule has 1 unspecified atom stereocenters. The maximum Gasteiger partial charge on any atom is 0.417 e. The summed E-state index contributed by atoms with van der Waals surface area (Å²) in [6, 6.07) is 13.3. The zero-order chi connectivity index (χ0) is 20.9. The highest BCUT2D eigenvalue weighted by atomic mass is 19.4. The van der Waals surface area contributed by atoms with Crippen LogP contribution < -0.4 is 9.64 Å². The standard InChI is InChI=1S/C22H23F3N2O2/c23-22(24,25)21-13-19(6-3-17(21)14-26)27-10-9-18(15-27)16-4-7-20(8-5-16)29-12-2-1-11-28/h3-8,13,18,28H,1-2,9-12,15H2. The SMILES string of the molecule is N#Cc1ccc(N2CCC(c3ccc(OCCCCO)cc3)C2)cc1C(F)(F)F. The zero-order valence-electron chi connectivity index (χ0n) is 16.0. The number of alkyl halides is 3. The molecular weight excluding hydrogens is 381 g/mol. The van der Waals surface area contributed by atoms with Gasteiger partial charge in [0, 0.05) is 31.3 Å². The minimum absolute atomic E-state index is 0.157. The van der Waals surface area contributed by atoms with Crippen LogP contribution in [0.2, 0.25) is 0 Å². The van der Waals surface area contributed by atoms with Crippen molar-refractivity contribution < 1.29 is 23.0 Å². The van der Waals surface area contributed by atoms with E-state index < -0.39 is 11.7 Å². The van der Waals surface area contributed by atoms with Gasteiger partial charge in [-0.3, -0.25) is 0 Å². The Labute approximate surface area is 168 Å². The second-order valence-corrected chi connectivity index (χ2v) is 7.12. The van der Waals surface area contributed by atoms with Gasteiger partial charge in [0.25, 0.3) is 0 Å². The molecule has 0 radical (unpaired) electrons. The average molecular weight is 404 g/mol. The van der Waals surface area contributed by atoms with Gasteiger partial charge >= 0.3 is 6.18 Å². The molecule has 0 amide bonds. The molecule has 1 fully saturated rings. The van der Waals surface area contributed by atoms with Gasteiger partial charge in [-0.25, -0.2) is 0 Å². The number of aliphatic hydroxyl groups excluding tert-OH is 1. The van der Waals surface area contributed by atoms with Gasteiger partial charge in [0.05, 0.1) is 23.8 Å². The first-order valence-corrected chi connectivity index (χ1v) is 9.62. The monoisotopic (exact) mass is 404 g/mol. The zero-order valence-corrected chi connectivity index (χ0v) is 16.0.